The van der Waals surface area contributed by atoms with Gasteiger partial charge in [0.05, 0.1) is 5.56 Å². The molecule has 118 valence electrons. The van der Waals surface area contributed by atoms with Crippen LogP contribution in [0.1, 0.15) is 0 Å². The highest BCUT2D eigenvalue weighted by Crippen LogP contribution is 2.34. The van der Waals surface area contributed by atoms with Gasteiger partial charge in [0.1, 0.15) is 22.3 Å². The maximum absolute atomic E-state index is 13.7. The van der Waals surface area contributed by atoms with Crippen molar-refractivity contribution in [2.75, 3.05) is 0 Å². The SMILES string of the molecule is O=S(=O)(Cl)c1cc(-c2c(F)cc(F)c(F)c2F)c(F)cc1F. The molecule has 0 aliphatic rings. The largest absolute Gasteiger partial charge is 0.264 e. The highest BCUT2D eigenvalue weighted by atomic mass is 35.7. The van der Waals surface area contributed by atoms with Crippen molar-refractivity contribution in [1.29, 1.82) is 0 Å². The van der Waals surface area contributed by atoms with Crippen LogP contribution in [-0.2, 0) is 9.05 Å². The molecule has 0 atom stereocenters. The molecule has 22 heavy (non-hydrogen) atoms. The van der Waals surface area contributed by atoms with Crippen LogP contribution in [0.2, 0.25) is 0 Å². The van der Waals surface area contributed by atoms with Gasteiger partial charge < -0.3 is 0 Å². The zero-order chi connectivity index (χ0) is 16.8. The van der Waals surface area contributed by atoms with Gasteiger partial charge in [0.2, 0.25) is 0 Å². The van der Waals surface area contributed by atoms with Crippen molar-refractivity contribution in [3.8, 4) is 11.1 Å². The predicted molar refractivity (Wildman–Crippen MR) is 64.7 cm³/mol. The van der Waals surface area contributed by atoms with Crippen molar-refractivity contribution in [3.05, 3.63) is 53.1 Å². The van der Waals surface area contributed by atoms with Gasteiger partial charge in [0.15, 0.2) is 17.5 Å². The standard InChI is InChI=1S/C12H3ClF6O2S/c13-22(20,21)9-1-4(5(14)2-6(9)15)10-7(16)3-8(17)11(18)12(10)19/h1-3H. The summed E-state index contributed by atoms with van der Waals surface area (Å²) < 4.78 is 102. The number of rotatable bonds is 2. The van der Waals surface area contributed by atoms with E-state index in [1.165, 1.54) is 0 Å². The third-order valence-corrected chi connectivity index (χ3v) is 4.00. The van der Waals surface area contributed by atoms with E-state index in [1.807, 2.05) is 0 Å². The lowest BCUT2D eigenvalue weighted by Crippen LogP contribution is -2.03. The van der Waals surface area contributed by atoms with E-state index in [0.29, 0.717) is 0 Å². The first-order chi connectivity index (χ1) is 10.0. The van der Waals surface area contributed by atoms with E-state index < -0.39 is 60.0 Å². The second kappa shape index (κ2) is 5.47. The Morgan fingerprint density at radius 3 is 1.82 bits per heavy atom. The molecule has 0 saturated carbocycles. The van der Waals surface area contributed by atoms with Crippen LogP contribution in [0.5, 0.6) is 0 Å². The molecule has 0 aliphatic carbocycles. The van der Waals surface area contributed by atoms with E-state index in [9.17, 15) is 34.8 Å². The first-order valence-corrected chi connectivity index (χ1v) is 7.62. The Balaban J connectivity index is 2.88. The van der Waals surface area contributed by atoms with E-state index in [2.05, 4.69) is 0 Å². The van der Waals surface area contributed by atoms with E-state index in [-0.39, 0.29) is 18.2 Å². The molecule has 0 bridgehead atoms. The van der Waals surface area contributed by atoms with Gasteiger partial charge in [-0.15, -0.1) is 0 Å². The van der Waals surface area contributed by atoms with Gasteiger partial charge in [0, 0.05) is 28.4 Å². The lowest BCUT2D eigenvalue weighted by molar-refractivity contribution is 0.436. The van der Waals surface area contributed by atoms with Gasteiger partial charge in [-0.2, -0.15) is 0 Å². The minimum atomic E-state index is -4.71. The van der Waals surface area contributed by atoms with E-state index in [4.69, 9.17) is 10.7 Å². The average Bonchev–Trinajstić information content (AvgIpc) is 2.37. The van der Waals surface area contributed by atoms with E-state index in [1.54, 1.807) is 0 Å². The molecule has 10 heteroatoms. The van der Waals surface area contributed by atoms with Crippen molar-refractivity contribution in [3.63, 3.8) is 0 Å². The number of hydrogen-bond donors (Lipinski definition) is 0. The molecule has 0 heterocycles. The third kappa shape index (κ3) is 2.78. The molecule has 0 spiro atoms. The summed E-state index contributed by atoms with van der Waals surface area (Å²) in [7, 11) is 0.193. The molecule has 0 fully saturated rings. The van der Waals surface area contributed by atoms with Gasteiger partial charge in [-0.1, -0.05) is 0 Å². The molecular weight excluding hydrogens is 358 g/mol. The van der Waals surface area contributed by atoms with E-state index in [0.717, 1.165) is 0 Å². The molecular formula is C12H3ClF6O2S. The van der Waals surface area contributed by atoms with Crippen molar-refractivity contribution in [2.45, 2.75) is 4.90 Å². The zero-order valence-corrected chi connectivity index (χ0v) is 11.7. The van der Waals surface area contributed by atoms with Crippen molar-refractivity contribution >= 4 is 19.7 Å². The number of hydrogen-bond acceptors (Lipinski definition) is 2. The fourth-order valence-corrected chi connectivity index (χ4v) is 2.63. The highest BCUT2D eigenvalue weighted by molar-refractivity contribution is 8.13. The Hall–Kier alpha value is -1.74. The fraction of sp³-hybridized carbons (Fsp3) is 0. The fourth-order valence-electron chi connectivity index (χ4n) is 1.72. The lowest BCUT2D eigenvalue weighted by atomic mass is 10.0. The summed E-state index contributed by atoms with van der Waals surface area (Å²) >= 11 is 0. The maximum atomic E-state index is 13.7. The number of benzene rings is 2. The Morgan fingerprint density at radius 2 is 1.27 bits per heavy atom. The molecule has 2 nitrogen and oxygen atoms in total. The minimum Gasteiger partial charge on any atom is -0.207 e. The summed E-state index contributed by atoms with van der Waals surface area (Å²) in [5.74, 6) is -11.0. The summed E-state index contributed by atoms with van der Waals surface area (Å²) in [6, 6.07) is 0.127. The molecule has 0 aliphatic heterocycles. The molecule has 0 aromatic heterocycles. The van der Waals surface area contributed by atoms with Crippen molar-refractivity contribution in [2.24, 2.45) is 0 Å². The van der Waals surface area contributed by atoms with Gasteiger partial charge in [-0.25, -0.2) is 34.8 Å². The summed E-state index contributed by atoms with van der Waals surface area (Å²) in [5, 5.41) is 0. The molecule has 2 rings (SSSR count). The van der Waals surface area contributed by atoms with Crippen LogP contribution in [0.3, 0.4) is 0 Å². The monoisotopic (exact) mass is 360 g/mol. The van der Waals surface area contributed by atoms with Gasteiger partial charge in [0.25, 0.3) is 9.05 Å². The molecule has 0 N–H and O–H groups in total. The molecule has 0 amide bonds. The smallest absolute Gasteiger partial charge is 0.207 e. The summed E-state index contributed by atoms with van der Waals surface area (Å²) in [6.45, 7) is 0. The van der Waals surface area contributed by atoms with Crippen LogP contribution in [0.15, 0.2) is 23.1 Å². The minimum absolute atomic E-state index is 0.00470. The van der Waals surface area contributed by atoms with Crippen LogP contribution in [-0.4, -0.2) is 8.42 Å². The second-order valence-corrected chi connectivity index (χ2v) is 6.58. The summed E-state index contributed by atoms with van der Waals surface area (Å²) in [4.78, 5) is -1.27. The second-order valence-electron chi connectivity index (χ2n) is 4.04. The molecule has 0 saturated heterocycles. The summed E-state index contributed by atoms with van der Waals surface area (Å²) in [6.07, 6.45) is 0. The molecule has 0 unspecified atom stereocenters. The van der Waals surface area contributed by atoms with Gasteiger partial charge in [-0.05, 0) is 6.07 Å². The van der Waals surface area contributed by atoms with Gasteiger partial charge in [-0.3, -0.25) is 0 Å². The molecule has 0 radical (unpaired) electrons. The predicted octanol–water partition coefficient (Wildman–Crippen LogP) is 4.12. The van der Waals surface area contributed by atoms with Crippen molar-refractivity contribution < 1.29 is 34.8 Å². The Labute approximate surface area is 124 Å². The quantitative estimate of drug-likeness (QED) is 0.349. The topological polar surface area (TPSA) is 34.1 Å². The average molecular weight is 361 g/mol. The molecule has 2 aromatic rings. The normalized spacial score (nSPS) is 11.8. The van der Waals surface area contributed by atoms with Gasteiger partial charge >= 0.3 is 0 Å². The zero-order valence-electron chi connectivity index (χ0n) is 10.1. The lowest BCUT2D eigenvalue weighted by Gasteiger charge is -2.10. The van der Waals surface area contributed by atoms with E-state index >= 15 is 0 Å². The first-order valence-electron chi connectivity index (χ1n) is 5.31. The van der Waals surface area contributed by atoms with Crippen LogP contribution in [0.4, 0.5) is 26.3 Å². The Kier molecular flexibility index (Phi) is 4.14. The van der Waals surface area contributed by atoms with Crippen molar-refractivity contribution in [1.82, 2.24) is 0 Å². The maximum Gasteiger partial charge on any atom is 0.264 e. The van der Waals surface area contributed by atoms with Crippen LogP contribution in [0.25, 0.3) is 11.1 Å². The summed E-state index contributed by atoms with van der Waals surface area (Å²) in [5.41, 5.74) is -2.52. The van der Waals surface area contributed by atoms with Crippen LogP contribution >= 0.6 is 10.7 Å². The Bertz CT molecular complexity index is 882. The first kappa shape index (κ1) is 16.6. The highest BCUT2D eigenvalue weighted by Gasteiger charge is 2.26. The van der Waals surface area contributed by atoms with Crippen LogP contribution < -0.4 is 0 Å². The van der Waals surface area contributed by atoms with Crippen LogP contribution in [0, 0.1) is 34.9 Å². The number of halogens is 7. The molecule has 2 aromatic carbocycles. The third-order valence-electron chi connectivity index (χ3n) is 2.67. The Morgan fingerprint density at radius 1 is 0.727 bits per heavy atom.